The smallest absolute Gasteiger partial charge is 0.191 e. The molecule has 0 bridgehead atoms. The number of benzene rings is 2. The molecule has 2 N–H and O–H groups in total. The summed E-state index contributed by atoms with van der Waals surface area (Å²) in [5.74, 6) is 2.17. The molecule has 0 amide bonds. The van der Waals surface area contributed by atoms with Gasteiger partial charge in [-0.25, -0.2) is 4.98 Å². The van der Waals surface area contributed by atoms with Crippen LogP contribution in [0.15, 0.2) is 72.0 Å². The SMILES string of the molecule is CN=C(NCc1nccn1Cc1ccccc1)NCC(C)c1ccc(C)cc1.I. The summed E-state index contributed by atoms with van der Waals surface area (Å²) < 4.78 is 2.16. The highest BCUT2D eigenvalue weighted by molar-refractivity contribution is 14.0. The Labute approximate surface area is 190 Å². The molecule has 0 aliphatic rings. The number of rotatable bonds is 7. The quantitative estimate of drug-likeness (QED) is 0.287. The second-order valence-corrected chi connectivity index (χ2v) is 7.08. The molecule has 1 heterocycles. The van der Waals surface area contributed by atoms with Crippen LogP contribution in [-0.2, 0) is 13.1 Å². The number of aromatic nitrogens is 2. The van der Waals surface area contributed by atoms with Crippen LogP contribution >= 0.6 is 24.0 Å². The first kappa shape index (κ1) is 22.9. The highest BCUT2D eigenvalue weighted by Crippen LogP contribution is 2.14. The number of hydrogen-bond acceptors (Lipinski definition) is 2. The summed E-state index contributed by atoms with van der Waals surface area (Å²) in [7, 11) is 1.79. The van der Waals surface area contributed by atoms with Crippen LogP contribution in [-0.4, -0.2) is 29.1 Å². The van der Waals surface area contributed by atoms with Crippen LogP contribution in [0, 0.1) is 6.92 Å². The summed E-state index contributed by atoms with van der Waals surface area (Å²) in [6, 6.07) is 19.1. The van der Waals surface area contributed by atoms with E-state index in [2.05, 4.69) is 87.6 Å². The van der Waals surface area contributed by atoms with E-state index < -0.39 is 0 Å². The molecule has 2 aromatic carbocycles. The topological polar surface area (TPSA) is 54.2 Å². The lowest BCUT2D eigenvalue weighted by Gasteiger charge is -2.17. The van der Waals surface area contributed by atoms with Crippen molar-refractivity contribution in [1.29, 1.82) is 0 Å². The van der Waals surface area contributed by atoms with Gasteiger partial charge in [-0.05, 0) is 24.0 Å². The molecule has 154 valence electrons. The molecule has 1 unspecified atom stereocenters. The van der Waals surface area contributed by atoms with Crippen molar-refractivity contribution in [3.05, 3.63) is 89.5 Å². The van der Waals surface area contributed by atoms with Crippen LogP contribution in [0.4, 0.5) is 0 Å². The summed E-state index contributed by atoms with van der Waals surface area (Å²) in [5.41, 5.74) is 3.87. The molecule has 6 heteroatoms. The highest BCUT2D eigenvalue weighted by atomic mass is 127. The molecule has 3 rings (SSSR count). The van der Waals surface area contributed by atoms with E-state index in [-0.39, 0.29) is 24.0 Å². The summed E-state index contributed by atoms with van der Waals surface area (Å²) in [6.45, 7) is 6.59. The van der Waals surface area contributed by atoms with Crippen LogP contribution in [0.3, 0.4) is 0 Å². The number of halogens is 1. The zero-order valence-corrected chi connectivity index (χ0v) is 19.6. The molecule has 5 nitrogen and oxygen atoms in total. The predicted octanol–water partition coefficient (Wildman–Crippen LogP) is 4.33. The molecule has 0 saturated carbocycles. The first-order valence-electron chi connectivity index (χ1n) is 9.70. The zero-order valence-electron chi connectivity index (χ0n) is 17.3. The number of nitrogens with zero attached hydrogens (tertiary/aromatic N) is 3. The first-order valence-corrected chi connectivity index (χ1v) is 9.70. The number of imidazole rings is 1. The van der Waals surface area contributed by atoms with Gasteiger partial charge in [0.2, 0.25) is 0 Å². The van der Waals surface area contributed by atoms with Crippen molar-refractivity contribution in [1.82, 2.24) is 20.2 Å². The van der Waals surface area contributed by atoms with E-state index in [4.69, 9.17) is 0 Å². The molecule has 29 heavy (non-hydrogen) atoms. The minimum atomic E-state index is 0. The number of aliphatic imine (C=N–C) groups is 1. The van der Waals surface area contributed by atoms with Crippen molar-refractivity contribution in [3.8, 4) is 0 Å². The van der Waals surface area contributed by atoms with E-state index in [1.54, 1.807) is 7.05 Å². The Hall–Kier alpha value is -2.35. The average Bonchev–Trinajstić information content (AvgIpc) is 3.16. The fourth-order valence-corrected chi connectivity index (χ4v) is 3.08. The molecule has 0 saturated heterocycles. The molecular weight excluding hydrogens is 473 g/mol. The van der Waals surface area contributed by atoms with Crippen LogP contribution in [0.25, 0.3) is 0 Å². The Morgan fingerprint density at radius 1 is 1.07 bits per heavy atom. The Morgan fingerprint density at radius 3 is 2.48 bits per heavy atom. The second kappa shape index (κ2) is 11.6. The van der Waals surface area contributed by atoms with Crippen molar-refractivity contribution < 1.29 is 0 Å². The third kappa shape index (κ3) is 6.88. The molecule has 0 fully saturated rings. The van der Waals surface area contributed by atoms with E-state index >= 15 is 0 Å². The van der Waals surface area contributed by atoms with E-state index in [9.17, 15) is 0 Å². The summed E-state index contributed by atoms with van der Waals surface area (Å²) in [6.07, 6.45) is 3.86. The van der Waals surface area contributed by atoms with E-state index in [1.807, 2.05) is 18.5 Å². The molecule has 3 aromatic rings. The van der Waals surface area contributed by atoms with Crippen LogP contribution < -0.4 is 10.6 Å². The third-order valence-corrected chi connectivity index (χ3v) is 4.86. The van der Waals surface area contributed by atoms with Gasteiger partial charge in [0.15, 0.2) is 5.96 Å². The summed E-state index contributed by atoms with van der Waals surface area (Å²) >= 11 is 0. The van der Waals surface area contributed by atoms with Gasteiger partial charge >= 0.3 is 0 Å². The van der Waals surface area contributed by atoms with Crippen molar-refractivity contribution in [2.45, 2.75) is 32.9 Å². The van der Waals surface area contributed by atoms with Gasteiger partial charge in [-0.1, -0.05) is 67.1 Å². The Balaban J connectivity index is 0.00000300. The Kier molecular flexibility index (Phi) is 9.18. The maximum atomic E-state index is 4.49. The molecule has 0 aliphatic heterocycles. The van der Waals surface area contributed by atoms with Crippen molar-refractivity contribution >= 4 is 29.9 Å². The minimum absolute atomic E-state index is 0. The number of hydrogen-bond donors (Lipinski definition) is 2. The van der Waals surface area contributed by atoms with E-state index in [0.29, 0.717) is 12.5 Å². The van der Waals surface area contributed by atoms with Gasteiger partial charge in [0, 0.05) is 32.5 Å². The van der Waals surface area contributed by atoms with Gasteiger partial charge in [0.05, 0.1) is 6.54 Å². The number of guanidine groups is 1. The molecular formula is C23H30IN5. The minimum Gasteiger partial charge on any atom is -0.356 e. The molecule has 0 radical (unpaired) electrons. The number of aryl methyl sites for hydroxylation is 1. The lowest BCUT2D eigenvalue weighted by atomic mass is 10.0. The van der Waals surface area contributed by atoms with Crippen molar-refractivity contribution in [2.24, 2.45) is 4.99 Å². The highest BCUT2D eigenvalue weighted by Gasteiger charge is 2.08. The Bertz CT molecular complexity index is 887. The molecule has 0 aliphatic carbocycles. The third-order valence-electron chi connectivity index (χ3n) is 4.86. The Morgan fingerprint density at radius 2 is 1.79 bits per heavy atom. The van der Waals surface area contributed by atoms with Gasteiger partial charge in [0.25, 0.3) is 0 Å². The molecule has 0 spiro atoms. The largest absolute Gasteiger partial charge is 0.356 e. The normalized spacial score (nSPS) is 12.2. The monoisotopic (exact) mass is 503 g/mol. The molecule has 1 atom stereocenters. The van der Waals surface area contributed by atoms with Crippen LogP contribution in [0.1, 0.15) is 35.4 Å². The van der Waals surface area contributed by atoms with Crippen molar-refractivity contribution in [2.75, 3.05) is 13.6 Å². The predicted molar refractivity (Wildman–Crippen MR) is 131 cm³/mol. The fourth-order valence-electron chi connectivity index (χ4n) is 3.08. The molecule has 1 aromatic heterocycles. The van der Waals surface area contributed by atoms with Crippen molar-refractivity contribution in [3.63, 3.8) is 0 Å². The van der Waals surface area contributed by atoms with Crippen LogP contribution in [0.2, 0.25) is 0 Å². The van der Waals surface area contributed by atoms with Gasteiger partial charge < -0.3 is 15.2 Å². The lowest BCUT2D eigenvalue weighted by Crippen LogP contribution is -2.39. The zero-order chi connectivity index (χ0) is 19.8. The van der Waals surface area contributed by atoms with Gasteiger partial charge in [-0.2, -0.15) is 0 Å². The summed E-state index contributed by atoms with van der Waals surface area (Å²) in [4.78, 5) is 8.83. The van der Waals surface area contributed by atoms with E-state index in [1.165, 1.54) is 16.7 Å². The van der Waals surface area contributed by atoms with Gasteiger partial charge in [-0.15, -0.1) is 24.0 Å². The maximum absolute atomic E-state index is 4.49. The number of nitrogens with one attached hydrogen (secondary N) is 2. The standard InChI is InChI=1S/C23H29N5.HI/c1-18-9-11-21(12-10-18)19(2)15-26-23(24-3)27-16-22-25-13-14-28(22)17-20-7-5-4-6-8-20;/h4-14,19H,15-17H2,1-3H3,(H2,24,26,27);1H. The maximum Gasteiger partial charge on any atom is 0.191 e. The van der Waals surface area contributed by atoms with E-state index in [0.717, 1.165) is 24.9 Å². The van der Waals surface area contributed by atoms with Gasteiger partial charge in [0.1, 0.15) is 5.82 Å². The van der Waals surface area contributed by atoms with Gasteiger partial charge in [-0.3, -0.25) is 4.99 Å². The average molecular weight is 503 g/mol. The lowest BCUT2D eigenvalue weighted by molar-refractivity contribution is 0.669. The first-order chi connectivity index (χ1) is 13.7. The fraction of sp³-hybridized carbons (Fsp3) is 0.304. The second-order valence-electron chi connectivity index (χ2n) is 7.08. The van der Waals surface area contributed by atoms with Crippen LogP contribution in [0.5, 0.6) is 0 Å². The summed E-state index contributed by atoms with van der Waals surface area (Å²) in [5, 5.41) is 6.79.